The summed E-state index contributed by atoms with van der Waals surface area (Å²) in [6, 6.07) is 10.5. The molecule has 0 atom stereocenters. The second-order valence-corrected chi connectivity index (χ2v) is 16.3. The molecule has 1 aliphatic rings. The predicted octanol–water partition coefficient (Wildman–Crippen LogP) is 4.71. The van der Waals surface area contributed by atoms with Crippen LogP contribution < -0.4 is 9.61 Å². The Kier molecular flexibility index (Phi) is 13.5. The minimum absolute atomic E-state index is 0.159. The van der Waals surface area contributed by atoms with E-state index in [2.05, 4.69) is 10.4 Å². The molecule has 2 aromatic carbocycles. The number of rotatable bonds is 11. The molecular weight excluding hydrogens is 764 g/mol. The molecule has 1 saturated heterocycles. The van der Waals surface area contributed by atoms with Crippen molar-refractivity contribution >= 4 is 59.5 Å². The van der Waals surface area contributed by atoms with Crippen molar-refractivity contribution in [2.45, 2.75) is 38.8 Å². The number of alkyl halides is 3. The molecule has 1 aliphatic heterocycles. The molecule has 0 aliphatic carbocycles. The van der Waals surface area contributed by atoms with Crippen LogP contribution in [0.2, 0.25) is 10.0 Å². The average Bonchev–Trinajstić information content (AvgIpc) is 3.32. The van der Waals surface area contributed by atoms with Crippen LogP contribution in [0.1, 0.15) is 41.9 Å². The first-order valence-electron chi connectivity index (χ1n) is 14.1. The summed E-state index contributed by atoms with van der Waals surface area (Å²) in [5.74, 6) is -3.38. The highest BCUT2D eigenvalue weighted by Gasteiger charge is 2.31. The standard InChI is InChI=1S/C25H25Cl2F3N4O4S.C2H6O6S2/c1-16-22(24(35)32-33-12-3-2-4-13-33)31-23(20-10-5-17(26)15-21(20)27)34(16)18-6-8-19(9-7-18)38-39(36,37)14-11-25(28,29)30;3-9(4,5)1-2-10(6,7)8/h5-10,15H,2-4,11-14H2,1H3,(H,32,35);1-2H2,(H,3,4,5)(H,6,7,8). The number of benzene rings is 2. The van der Waals surface area contributed by atoms with E-state index in [1.807, 2.05) is 5.01 Å². The van der Waals surface area contributed by atoms with Crippen LogP contribution in [-0.4, -0.2) is 91.4 Å². The molecule has 0 unspecified atom stereocenters. The Labute approximate surface area is 290 Å². The summed E-state index contributed by atoms with van der Waals surface area (Å²) >= 11 is 12.5. The Bertz CT molecular complexity index is 1940. The highest BCUT2D eigenvalue weighted by Crippen LogP contribution is 2.34. The molecule has 2 heterocycles. The molecule has 3 aromatic rings. The van der Waals surface area contributed by atoms with Crippen LogP contribution in [-0.2, 0) is 30.4 Å². The van der Waals surface area contributed by atoms with Gasteiger partial charge in [-0.1, -0.05) is 29.6 Å². The first-order valence-corrected chi connectivity index (χ1v) is 19.7. The van der Waals surface area contributed by atoms with Crippen molar-refractivity contribution in [2.75, 3.05) is 30.3 Å². The Balaban J connectivity index is 0.000000565. The summed E-state index contributed by atoms with van der Waals surface area (Å²) in [6.45, 7) is 3.17. The van der Waals surface area contributed by atoms with Gasteiger partial charge in [0.2, 0.25) is 0 Å². The first-order chi connectivity index (χ1) is 22.5. The maximum Gasteiger partial charge on any atom is 0.390 e. The summed E-state index contributed by atoms with van der Waals surface area (Å²) in [6.07, 6.45) is -3.10. The number of carbonyl (C=O) groups excluding carboxylic acids is 1. The lowest BCUT2D eigenvalue weighted by molar-refractivity contribution is -0.130. The zero-order valence-electron chi connectivity index (χ0n) is 25.5. The number of hydrogen-bond donors (Lipinski definition) is 3. The number of imidazole rings is 1. The third-order valence-corrected chi connectivity index (χ3v) is 10.1. The van der Waals surface area contributed by atoms with E-state index in [0.29, 0.717) is 32.8 Å². The monoisotopic (exact) mass is 794 g/mol. The van der Waals surface area contributed by atoms with Crippen LogP contribution in [0.5, 0.6) is 5.75 Å². The van der Waals surface area contributed by atoms with E-state index in [4.69, 9.17) is 36.5 Å². The van der Waals surface area contributed by atoms with Crippen LogP contribution in [0.25, 0.3) is 17.1 Å². The highest BCUT2D eigenvalue weighted by molar-refractivity contribution is 7.89. The maximum absolute atomic E-state index is 13.2. The Morgan fingerprint density at radius 2 is 1.49 bits per heavy atom. The number of amides is 1. The molecule has 1 amide bonds. The molecule has 14 nitrogen and oxygen atoms in total. The van der Waals surface area contributed by atoms with Gasteiger partial charge in [0.25, 0.3) is 26.1 Å². The summed E-state index contributed by atoms with van der Waals surface area (Å²) in [5.41, 5.74) is 4.53. The minimum atomic E-state index is -4.63. The molecule has 22 heteroatoms. The summed E-state index contributed by atoms with van der Waals surface area (Å²) in [4.78, 5) is 17.8. The third-order valence-electron chi connectivity index (χ3n) is 6.66. The van der Waals surface area contributed by atoms with Gasteiger partial charge in [-0.15, -0.1) is 0 Å². The number of nitrogens with zero attached hydrogens (tertiary/aromatic N) is 3. The van der Waals surface area contributed by atoms with Gasteiger partial charge >= 0.3 is 16.3 Å². The lowest BCUT2D eigenvalue weighted by atomic mass is 10.2. The molecule has 3 N–H and O–H groups in total. The average molecular weight is 796 g/mol. The van der Waals surface area contributed by atoms with E-state index in [-0.39, 0.29) is 11.4 Å². The van der Waals surface area contributed by atoms with E-state index >= 15 is 0 Å². The Morgan fingerprint density at radius 1 is 0.918 bits per heavy atom. The highest BCUT2D eigenvalue weighted by atomic mass is 35.5. The number of aromatic nitrogens is 2. The van der Waals surface area contributed by atoms with Gasteiger partial charge in [0, 0.05) is 29.4 Å². The van der Waals surface area contributed by atoms with Crippen molar-refractivity contribution in [3.63, 3.8) is 0 Å². The molecule has 1 fully saturated rings. The van der Waals surface area contributed by atoms with E-state index in [1.54, 1.807) is 29.7 Å². The second-order valence-electron chi connectivity index (χ2n) is 10.6. The lowest BCUT2D eigenvalue weighted by Gasteiger charge is -2.26. The van der Waals surface area contributed by atoms with Crippen LogP contribution in [0.4, 0.5) is 13.2 Å². The van der Waals surface area contributed by atoms with Crippen LogP contribution in [0.3, 0.4) is 0 Å². The van der Waals surface area contributed by atoms with Crippen molar-refractivity contribution in [2.24, 2.45) is 0 Å². The number of hydrogen-bond acceptors (Lipinski definition) is 10. The molecule has 4 rings (SSSR count). The molecule has 272 valence electrons. The third kappa shape index (κ3) is 13.3. The molecule has 0 bridgehead atoms. The number of hydrazine groups is 1. The Morgan fingerprint density at radius 3 is 2.00 bits per heavy atom. The van der Waals surface area contributed by atoms with Crippen molar-refractivity contribution < 1.29 is 56.5 Å². The maximum atomic E-state index is 13.2. The van der Waals surface area contributed by atoms with Gasteiger partial charge in [-0.2, -0.15) is 38.4 Å². The van der Waals surface area contributed by atoms with E-state index in [1.165, 1.54) is 24.3 Å². The Hall–Kier alpha value is -2.98. The summed E-state index contributed by atoms with van der Waals surface area (Å²) < 4.78 is 123. The van der Waals surface area contributed by atoms with E-state index in [9.17, 15) is 43.2 Å². The van der Waals surface area contributed by atoms with Gasteiger partial charge in [-0.25, -0.2) is 9.99 Å². The number of halogens is 5. The van der Waals surface area contributed by atoms with Gasteiger partial charge in [0.05, 0.1) is 34.4 Å². The molecule has 1 aromatic heterocycles. The van der Waals surface area contributed by atoms with Crippen LogP contribution >= 0.6 is 23.2 Å². The molecule has 0 radical (unpaired) electrons. The van der Waals surface area contributed by atoms with Gasteiger partial charge in [-0.05, 0) is 62.2 Å². The smallest absolute Gasteiger partial charge is 0.382 e. The molecule has 0 spiro atoms. The summed E-state index contributed by atoms with van der Waals surface area (Å²) in [7, 11) is -13.1. The largest absolute Gasteiger partial charge is 0.390 e. The SMILES string of the molecule is Cc1c(C(=O)NN2CCCCC2)nc(-c2ccc(Cl)cc2Cl)n1-c1ccc(OS(=O)(=O)CCC(F)(F)F)cc1.O=S(=O)(O)CCS(=O)(=O)O. The van der Waals surface area contributed by atoms with Gasteiger partial charge in [0.15, 0.2) is 5.69 Å². The normalized spacial score (nSPS) is 14.5. The van der Waals surface area contributed by atoms with Crippen LogP contribution in [0, 0.1) is 6.92 Å². The zero-order chi connectivity index (χ0) is 36.8. The van der Waals surface area contributed by atoms with Crippen LogP contribution in [0.15, 0.2) is 42.5 Å². The fourth-order valence-electron chi connectivity index (χ4n) is 4.38. The topological polar surface area (TPSA) is 202 Å². The quantitative estimate of drug-likeness (QED) is 0.179. The van der Waals surface area contributed by atoms with Crippen molar-refractivity contribution in [1.29, 1.82) is 0 Å². The fraction of sp³-hybridized carbons (Fsp3) is 0.407. The molecule has 0 saturated carbocycles. The van der Waals surface area contributed by atoms with Gasteiger partial charge in [-0.3, -0.25) is 23.9 Å². The number of piperidine rings is 1. The number of nitrogens with one attached hydrogen (secondary N) is 1. The van der Waals surface area contributed by atoms with E-state index < -0.39 is 66.1 Å². The second kappa shape index (κ2) is 16.4. The van der Waals surface area contributed by atoms with E-state index in [0.717, 1.165) is 32.4 Å². The lowest BCUT2D eigenvalue weighted by Crippen LogP contribution is -2.45. The number of carbonyl (C=O) groups is 1. The van der Waals surface area contributed by atoms with Crippen molar-refractivity contribution in [1.82, 2.24) is 20.0 Å². The van der Waals surface area contributed by atoms with Gasteiger partial charge in [0.1, 0.15) is 11.6 Å². The minimum Gasteiger partial charge on any atom is -0.382 e. The van der Waals surface area contributed by atoms with Crippen molar-refractivity contribution in [3.05, 3.63) is 63.9 Å². The molecular formula is C27H31Cl2F3N4O10S3. The summed E-state index contributed by atoms with van der Waals surface area (Å²) in [5, 5.41) is 2.56. The first kappa shape index (κ1) is 40.4. The fourth-order valence-corrected chi connectivity index (χ4v) is 7.52. The van der Waals surface area contributed by atoms with Crippen molar-refractivity contribution in [3.8, 4) is 22.8 Å². The predicted molar refractivity (Wildman–Crippen MR) is 175 cm³/mol. The molecule has 49 heavy (non-hydrogen) atoms. The van der Waals surface area contributed by atoms with Gasteiger partial charge < -0.3 is 4.18 Å². The zero-order valence-corrected chi connectivity index (χ0v) is 29.5.